The molecular formula is C3H7NS2. The molecule has 3 heteroatoms. The Labute approximate surface area is 46.7 Å². The Hall–Kier alpha value is 0.660. The van der Waals surface area contributed by atoms with Crippen LogP contribution in [-0.4, -0.2) is 18.3 Å². The summed E-state index contributed by atoms with van der Waals surface area (Å²) in [6.45, 7) is 2.29. The minimum atomic E-state index is 0.785. The van der Waals surface area contributed by atoms with Crippen molar-refractivity contribution in [3.05, 3.63) is 0 Å². The summed E-state index contributed by atoms with van der Waals surface area (Å²) in [6.07, 6.45) is 0. The Morgan fingerprint density at radius 3 is 2.33 bits per heavy atom. The van der Waals surface area contributed by atoms with Crippen molar-refractivity contribution >= 4 is 22.5 Å². The van der Waals surface area contributed by atoms with Crippen LogP contribution in [0.2, 0.25) is 0 Å². The third kappa shape index (κ3) is 0.832. The van der Waals surface area contributed by atoms with Gasteiger partial charge in [-0.05, 0) is 0 Å². The van der Waals surface area contributed by atoms with Crippen molar-refractivity contribution in [3.63, 3.8) is 0 Å². The van der Waals surface area contributed by atoms with Crippen molar-refractivity contribution in [2.45, 2.75) is 5.25 Å². The summed E-state index contributed by atoms with van der Waals surface area (Å²) >= 11 is 4.02. The molecule has 0 aromatic carbocycles. The predicted molar refractivity (Wildman–Crippen MR) is 33.2 cm³/mol. The summed E-state index contributed by atoms with van der Waals surface area (Å²) in [5.74, 6) is 0. The van der Waals surface area contributed by atoms with Crippen molar-refractivity contribution in [2.75, 3.05) is 13.1 Å². The van der Waals surface area contributed by atoms with Crippen molar-refractivity contribution in [3.8, 4) is 0 Å². The van der Waals surface area contributed by atoms with Crippen molar-refractivity contribution in [2.24, 2.45) is 0 Å². The summed E-state index contributed by atoms with van der Waals surface area (Å²) in [6, 6.07) is 0. The number of nitrogens with one attached hydrogen (secondary N) is 1. The zero-order valence-corrected chi connectivity index (χ0v) is 5.06. The maximum atomic E-state index is 4.02. The molecule has 0 aromatic rings. The Bertz CT molecular complexity index is 41.3. The van der Waals surface area contributed by atoms with Crippen LogP contribution in [0.4, 0.5) is 0 Å². The highest BCUT2D eigenvalue weighted by Gasteiger charge is 2.14. The number of hydrogen-bond donors (Lipinski definition) is 2. The molecule has 0 saturated carbocycles. The van der Waals surface area contributed by atoms with E-state index >= 15 is 0 Å². The standard InChI is InChI=1S/C3H7NS2/c5-6-3-1-4-2-3/h3-5H,1-2H2. The van der Waals surface area contributed by atoms with Gasteiger partial charge in [-0.1, -0.05) is 10.8 Å². The van der Waals surface area contributed by atoms with E-state index in [0.29, 0.717) is 0 Å². The van der Waals surface area contributed by atoms with Gasteiger partial charge in [-0.15, -0.1) is 11.7 Å². The van der Waals surface area contributed by atoms with E-state index in [1.54, 1.807) is 10.8 Å². The van der Waals surface area contributed by atoms with Crippen LogP contribution in [0.1, 0.15) is 0 Å². The SMILES string of the molecule is SSC1CNC1. The van der Waals surface area contributed by atoms with Crippen molar-refractivity contribution in [1.29, 1.82) is 0 Å². The minimum Gasteiger partial charge on any atom is -0.314 e. The summed E-state index contributed by atoms with van der Waals surface area (Å²) in [5.41, 5.74) is 0. The lowest BCUT2D eigenvalue weighted by atomic mass is 10.3. The normalized spacial score (nSPS) is 23.5. The van der Waals surface area contributed by atoms with Crippen LogP contribution in [0.25, 0.3) is 0 Å². The molecule has 1 N–H and O–H groups in total. The lowest BCUT2D eigenvalue weighted by Crippen LogP contribution is -2.43. The first-order valence-corrected chi connectivity index (χ1v) is 3.87. The second kappa shape index (κ2) is 2.09. The van der Waals surface area contributed by atoms with Crippen LogP contribution >= 0.6 is 22.5 Å². The van der Waals surface area contributed by atoms with Crippen molar-refractivity contribution < 1.29 is 0 Å². The van der Waals surface area contributed by atoms with E-state index in [-0.39, 0.29) is 0 Å². The molecule has 0 radical (unpaired) electrons. The molecule has 6 heavy (non-hydrogen) atoms. The van der Waals surface area contributed by atoms with E-state index in [9.17, 15) is 0 Å². The third-order valence-electron chi connectivity index (χ3n) is 0.893. The Morgan fingerprint density at radius 1 is 1.67 bits per heavy atom. The lowest BCUT2D eigenvalue weighted by Gasteiger charge is -2.23. The molecule has 0 aliphatic carbocycles. The molecular weight excluding hydrogens is 114 g/mol. The van der Waals surface area contributed by atoms with Gasteiger partial charge in [0.05, 0.1) is 0 Å². The van der Waals surface area contributed by atoms with Gasteiger partial charge in [0.2, 0.25) is 0 Å². The highest BCUT2D eigenvalue weighted by molar-refractivity contribution is 8.68. The summed E-state index contributed by atoms with van der Waals surface area (Å²) in [4.78, 5) is 0. The third-order valence-corrected chi connectivity index (χ3v) is 2.42. The van der Waals surface area contributed by atoms with Gasteiger partial charge in [-0.25, -0.2) is 0 Å². The highest BCUT2D eigenvalue weighted by atomic mass is 33.1. The molecule has 36 valence electrons. The van der Waals surface area contributed by atoms with E-state index < -0.39 is 0 Å². The fourth-order valence-electron chi connectivity index (χ4n) is 0.337. The number of hydrogen-bond acceptors (Lipinski definition) is 3. The zero-order chi connectivity index (χ0) is 4.41. The predicted octanol–water partition coefficient (Wildman–Crippen LogP) is 0.536. The maximum absolute atomic E-state index is 4.02. The van der Waals surface area contributed by atoms with Crippen LogP contribution in [0.3, 0.4) is 0 Å². The van der Waals surface area contributed by atoms with Crippen LogP contribution in [0, 0.1) is 0 Å². The molecule has 0 spiro atoms. The van der Waals surface area contributed by atoms with E-state index in [0.717, 1.165) is 18.3 Å². The van der Waals surface area contributed by atoms with Crippen LogP contribution < -0.4 is 5.32 Å². The topological polar surface area (TPSA) is 12.0 Å². The van der Waals surface area contributed by atoms with Crippen LogP contribution in [0.15, 0.2) is 0 Å². The first kappa shape index (κ1) is 4.81. The largest absolute Gasteiger partial charge is 0.314 e. The van der Waals surface area contributed by atoms with Gasteiger partial charge in [0.15, 0.2) is 0 Å². The molecule has 1 aliphatic rings. The molecule has 0 aromatic heterocycles. The molecule has 1 nitrogen and oxygen atoms in total. The summed E-state index contributed by atoms with van der Waals surface area (Å²) in [7, 11) is 1.64. The molecule has 0 bridgehead atoms. The minimum absolute atomic E-state index is 0.785. The van der Waals surface area contributed by atoms with E-state index in [2.05, 4.69) is 17.0 Å². The molecule has 1 aliphatic heterocycles. The van der Waals surface area contributed by atoms with E-state index in [4.69, 9.17) is 0 Å². The zero-order valence-electron chi connectivity index (χ0n) is 3.35. The van der Waals surface area contributed by atoms with Gasteiger partial charge >= 0.3 is 0 Å². The highest BCUT2D eigenvalue weighted by Crippen LogP contribution is 2.17. The first-order chi connectivity index (χ1) is 2.93. The number of thiol groups is 1. The van der Waals surface area contributed by atoms with E-state index in [1.165, 1.54) is 0 Å². The van der Waals surface area contributed by atoms with Gasteiger partial charge < -0.3 is 5.32 Å². The molecule has 1 saturated heterocycles. The van der Waals surface area contributed by atoms with Gasteiger partial charge in [0.1, 0.15) is 0 Å². The smallest absolute Gasteiger partial charge is 0.0398 e. The van der Waals surface area contributed by atoms with Gasteiger partial charge in [-0.2, -0.15) is 0 Å². The van der Waals surface area contributed by atoms with Crippen LogP contribution in [0.5, 0.6) is 0 Å². The van der Waals surface area contributed by atoms with Gasteiger partial charge in [-0.3, -0.25) is 0 Å². The molecule has 1 heterocycles. The number of rotatable bonds is 1. The molecule has 0 atom stereocenters. The fourth-order valence-corrected chi connectivity index (χ4v) is 1.17. The molecule has 1 fully saturated rings. The Balaban J connectivity index is 2.01. The average Bonchev–Trinajstić information content (AvgIpc) is 1.31. The quantitative estimate of drug-likeness (QED) is 0.388. The lowest BCUT2D eigenvalue weighted by molar-refractivity contribution is 0.546. The molecule has 1 rings (SSSR count). The monoisotopic (exact) mass is 121 g/mol. The fraction of sp³-hybridized carbons (Fsp3) is 1.00. The van der Waals surface area contributed by atoms with E-state index in [1.807, 2.05) is 0 Å². The molecule has 0 amide bonds. The Kier molecular flexibility index (Phi) is 1.68. The molecule has 0 unspecified atom stereocenters. The van der Waals surface area contributed by atoms with Crippen LogP contribution in [-0.2, 0) is 0 Å². The average molecular weight is 121 g/mol. The Morgan fingerprint density at radius 2 is 2.33 bits per heavy atom. The van der Waals surface area contributed by atoms with Gasteiger partial charge in [0.25, 0.3) is 0 Å². The van der Waals surface area contributed by atoms with Gasteiger partial charge in [0, 0.05) is 18.3 Å². The van der Waals surface area contributed by atoms with Crippen molar-refractivity contribution in [1.82, 2.24) is 5.32 Å². The first-order valence-electron chi connectivity index (χ1n) is 1.94. The summed E-state index contributed by atoms with van der Waals surface area (Å²) in [5, 5.41) is 3.93. The second-order valence-electron chi connectivity index (χ2n) is 1.39. The maximum Gasteiger partial charge on any atom is 0.0398 e. The summed E-state index contributed by atoms with van der Waals surface area (Å²) < 4.78 is 0. The second-order valence-corrected chi connectivity index (χ2v) is 2.90.